The summed E-state index contributed by atoms with van der Waals surface area (Å²) in [7, 11) is 1.62. The zero-order valence-corrected chi connectivity index (χ0v) is 16.6. The van der Waals surface area contributed by atoms with Gasteiger partial charge in [-0.1, -0.05) is 42.5 Å². The van der Waals surface area contributed by atoms with Gasteiger partial charge in [-0.15, -0.1) is 0 Å². The van der Waals surface area contributed by atoms with Crippen LogP contribution in [0.4, 0.5) is 5.82 Å². The van der Waals surface area contributed by atoms with Gasteiger partial charge in [0.2, 0.25) is 0 Å². The van der Waals surface area contributed by atoms with Gasteiger partial charge in [0.15, 0.2) is 6.67 Å². The van der Waals surface area contributed by atoms with Gasteiger partial charge in [-0.25, -0.2) is 4.79 Å². The van der Waals surface area contributed by atoms with Gasteiger partial charge in [0.1, 0.15) is 29.7 Å². The Morgan fingerprint density at radius 2 is 1.83 bits per heavy atom. The number of methoxy groups -OCH3 is 1. The molecular formula is C22H25N4O3+. The smallest absolute Gasteiger partial charge is 0.330 e. The van der Waals surface area contributed by atoms with Crippen LogP contribution in [0.25, 0.3) is 0 Å². The summed E-state index contributed by atoms with van der Waals surface area (Å²) in [4.78, 5) is 28.8. The van der Waals surface area contributed by atoms with E-state index in [-0.39, 0.29) is 11.6 Å². The molecule has 2 heterocycles. The zero-order chi connectivity index (χ0) is 20.4. The number of hydrogen-bond acceptors (Lipinski definition) is 4. The van der Waals surface area contributed by atoms with E-state index in [0.29, 0.717) is 31.1 Å². The van der Waals surface area contributed by atoms with Crippen molar-refractivity contribution in [1.29, 1.82) is 0 Å². The molecule has 0 radical (unpaired) electrons. The monoisotopic (exact) mass is 393 g/mol. The minimum absolute atomic E-state index is 0.221. The maximum Gasteiger partial charge on any atom is 0.330 e. The molecule has 1 aliphatic heterocycles. The number of benzene rings is 2. The third-order valence-corrected chi connectivity index (χ3v) is 5.59. The molecule has 2 atom stereocenters. The van der Waals surface area contributed by atoms with Gasteiger partial charge in [0, 0.05) is 5.56 Å². The summed E-state index contributed by atoms with van der Waals surface area (Å²) >= 11 is 0. The van der Waals surface area contributed by atoms with Crippen molar-refractivity contribution >= 4 is 5.82 Å². The Labute approximate surface area is 168 Å². The SMILES string of the molecule is COc1ccc(Cn2c3c(c(=O)[nH]c2=O)C[NH+]([C@H](C)c2ccccc2)CN3)cc1. The summed E-state index contributed by atoms with van der Waals surface area (Å²) in [5.41, 5.74) is 2.06. The summed E-state index contributed by atoms with van der Waals surface area (Å²) in [6.45, 7) is 3.71. The van der Waals surface area contributed by atoms with E-state index in [1.165, 1.54) is 10.5 Å². The normalized spacial score (nSPS) is 16.6. The highest BCUT2D eigenvalue weighted by atomic mass is 16.5. The molecule has 3 aromatic rings. The van der Waals surface area contributed by atoms with E-state index in [1.807, 2.05) is 42.5 Å². The van der Waals surface area contributed by atoms with Crippen molar-refractivity contribution in [2.45, 2.75) is 26.1 Å². The lowest BCUT2D eigenvalue weighted by atomic mass is 10.1. The van der Waals surface area contributed by atoms with Gasteiger partial charge in [-0.05, 0) is 24.6 Å². The standard InChI is InChI=1S/C22H24N4O3/c1-15(17-6-4-3-5-7-17)25-13-19-20(23-14-25)26(22(28)24-21(19)27)12-16-8-10-18(29-2)11-9-16/h3-11,15,23H,12-14H2,1-2H3,(H,24,27,28)/p+1/t15-/m1/s1. The molecule has 0 aliphatic carbocycles. The highest BCUT2D eigenvalue weighted by molar-refractivity contribution is 5.45. The van der Waals surface area contributed by atoms with Gasteiger partial charge in [0.05, 0.1) is 13.7 Å². The summed E-state index contributed by atoms with van der Waals surface area (Å²) in [5.74, 6) is 1.37. The lowest BCUT2D eigenvalue weighted by Crippen LogP contribution is -3.12. The van der Waals surface area contributed by atoms with Gasteiger partial charge < -0.3 is 15.0 Å². The van der Waals surface area contributed by atoms with Crippen LogP contribution in [0, 0.1) is 0 Å². The van der Waals surface area contributed by atoms with Crippen molar-refractivity contribution in [3.05, 3.63) is 92.1 Å². The van der Waals surface area contributed by atoms with Gasteiger partial charge in [-0.2, -0.15) is 0 Å². The van der Waals surface area contributed by atoms with Crippen LogP contribution in [-0.2, 0) is 13.1 Å². The van der Waals surface area contributed by atoms with Crippen LogP contribution >= 0.6 is 0 Å². The van der Waals surface area contributed by atoms with Crippen molar-refractivity contribution in [3.63, 3.8) is 0 Å². The van der Waals surface area contributed by atoms with Crippen LogP contribution in [0.5, 0.6) is 5.75 Å². The molecule has 7 heteroatoms. The molecule has 3 N–H and O–H groups in total. The molecule has 0 saturated carbocycles. The lowest BCUT2D eigenvalue weighted by molar-refractivity contribution is -0.941. The Kier molecular flexibility index (Phi) is 5.22. The number of ether oxygens (including phenoxy) is 1. The number of nitrogens with one attached hydrogen (secondary N) is 3. The number of aromatic amines is 1. The molecule has 0 saturated heterocycles. The number of H-pyrrole nitrogens is 1. The first-order chi connectivity index (χ1) is 14.1. The van der Waals surface area contributed by atoms with Gasteiger partial charge in [0.25, 0.3) is 5.56 Å². The molecule has 4 rings (SSSR count). The molecule has 1 aromatic heterocycles. The van der Waals surface area contributed by atoms with E-state index in [0.717, 1.165) is 11.3 Å². The fourth-order valence-corrected chi connectivity index (χ4v) is 3.81. The second kappa shape index (κ2) is 7.97. The molecule has 29 heavy (non-hydrogen) atoms. The number of rotatable bonds is 5. The van der Waals surface area contributed by atoms with E-state index in [4.69, 9.17) is 4.74 Å². The predicted molar refractivity (Wildman–Crippen MR) is 111 cm³/mol. The van der Waals surface area contributed by atoms with Gasteiger partial charge >= 0.3 is 5.69 Å². The van der Waals surface area contributed by atoms with Crippen LogP contribution in [-0.4, -0.2) is 23.3 Å². The minimum atomic E-state index is -0.406. The average molecular weight is 393 g/mol. The second-order valence-electron chi connectivity index (χ2n) is 7.34. The molecule has 1 unspecified atom stereocenters. The Balaban J connectivity index is 1.64. The van der Waals surface area contributed by atoms with Crippen LogP contribution in [0.15, 0.2) is 64.2 Å². The lowest BCUT2D eigenvalue weighted by Gasteiger charge is -2.32. The fourth-order valence-electron chi connectivity index (χ4n) is 3.81. The first-order valence-electron chi connectivity index (χ1n) is 9.69. The first kappa shape index (κ1) is 19.0. The number of anilines is 1. The summed E-state index contributed by atoms with van der Waals surface area (Å²) < 4.78 is 6.79. The van der Waals surface area contributed by atoms with Crippen LogP contribution in [0.2, 0.25) is 0 Å². The summed E-state index contributed by atoms with van der Waals surface area (Å²) in [6, 6.07) is 18.0. The first-order valence-corrected chi connectivity index (χ1v) is 9.69. The van der Waals surface area contributed by atoms with Crippen molar-refractivity contribution in [1.82, 2.24) is 9.55 Å². The highest BCUT2D eigenvalue weighted by Crippen LogP contribution is 2.17. The molecule has 0 fully saturated rings. The van der Waals surface area contributed by atoms with Gasteiger partial charge in [-0.3, -0.25) is 14.3 Å². The fraction of sp³-hybridized carbons (Fsp3) is 0.273. The molecule has 1 aliphatic rings. The Bertz CT molecular complexity index is 1100. The highest BCUT2D eigenvalue weighted by Gasteiger charge is 2.29. The van der Waals surface area contributed by atoms with Crippen molar-refractivity contribution in [2.24, 2.45) is 0 Å². The molecule has 0 amide bonds. The molecule has 0 spiro atoms. The number of nitrogens with zero attached hydrogens (tertiary/aromatic N) is 1. The van der Waals surface area contributed by atoms with E-state index in [1.54, 1.807) is 11.7 Å². The molecule has 7 nitrogen and oxygen atoms in total. The second-order valence-corrected chi connectivity index (χ2v) is 7.34. The van der Waals surface area contributed by atoms with E-state index in [9.17, 15) is 9.59 Å². The molecule has 150 valence electrons. The third kappa shape index (κ3) is 3.82. The molecule has 0 bridgehead atoms. The zero-order valence-electron chi connectivity index (χ0n) is 16.6. The number of hydrogen-bond donors (Lipinski definition) is 3. The van der Waals surface area contributed by atoms with Crippen LogP contribution in [0.1, 0.15) is 29.7 Å². The summed E-state index contributed by atoms with van der Waals surface area (Å²) in [6.07, 6.45) is 0. The van der Waals surface area contributed by atoms with Crippen LogP contribution < -0.4 is 26.2 Å². The maximum absolute atomic E-state index is 12.5. The molecule has 2 aromatic carbocycles. The maximum atomic E-state index is 12.5. The van der Waals surface area contributed by atoms with Crippen molar-refractivity contribution in [2.75, 3.05) is 19.1 Å². The predicted octanol–water partition coefficient (Wildman–Crippen LogP) is 1.12. The number of fused-ring (bicyclic) bond motifs is 1. The topological polar surface area (TPSA) is 80.6 Å². The van der Waals surface area contributed by atoms with E-state index in [2.05, 4.69) is 29.4 Å². The Morgan fingerprint density at radius 1 is 1.10 bits per heavy atom. The Morgan fingerprint density at radius 3 is 2.52 bits per heavy atom. The van der Waals surface area contributed by atoms with E-state index < -0.39 is 5.69 Å². The number of quaternary nitrogens is 1. The minimum Gasteiger partial charge on any atom is -0.497 e. The molecular weight excluding hydrogens is 368 g/mol. The van der Waals surface area contributed by atoms with Crippen molar-refractivity contribution in [3.8, 4) is 5.75 Å². The summed E-state index contributed by atoms with van der Waals surface area (Å²) in [5, 5.41) is 3.34. The third-order valence-electron chi connectivity index (χ3n) is 5.59. The van der Waals surface area contributed by atoms with Crippen LogP contribution in [0.3, 0.4) is 0 Å². The quantitative estimate of drug-likeness (QED) is 0.607. The average Bonchev–Trinajstić information content (AvgIpc) is 2.77. The largest absolute Gasteiger partial charge is 0.497 e. The Hall–Kier alpha value is -3.32. The van der Waals surface area contributed by atoms with E-state index >= 15 is 0 Å². The number of aromatic nitrogens is 2. The van der Waals surface area contributed by atoms with Crippen molar-refractivity contribution < 1.29 is 9.64 Å².